The minimum atomic E-state index is 0.0831. The zero-order chi connectivity index (χ0) is 10.0. The van der Waals surface area contributed by atoms with E-state index < -0.39 is 0 Å². The van der Waals surface area contributed by atoms with Gasteiger partial charge in [-0.1, -0.05) is 32.0 Å². The number of benzene rings is 1. The van der Waals surface area contributed by atoms with Crippen LogP contribution in [0.4, 0.5) is 0 Å². The van der Waals surface area contributed by atoms with Crippen molar-refractivity contribution in [3.8, 4) is 0 Å². The van der Waals surface area contributed by atoms with Gasteiger partial charge in [-0.15, -0.1) is 0 Å². The highest BCUT2D eigenvalue weighted by atomic mass is 16.1. The average Bonchev–Trinajstić information content (AvgIpc) is 2.03. The first kappa shape index (κ1) is 9.97. The molecule has 0 aliphatic carbocycles. The quantitative estimate of drug-likeness (QED) is 0.633. The highest BCUT2D eigenvalue weighted by molar-refractivity contribution is 5.99. The molecule has 0 bridgehead atoms. The lowest BCUT2D eigenvalue weighted by atomic mass is 9.93. The molecule has 0 heterocycles. The van der Waals surface area contributed by atoms with E-state index in [1.165, 1.54) is 0 Å². The SMILES string of the molecule is Cc1cccc(C)c1C(=O)C(C)C. The van der Waals surface area contributed by atoms with Gasteiger partial charge in [0, 0.05) is 11.5 Å². The van der Waals surface area contributed by atoms with Gasteiger partial charge in [0.2, 0.25) is 0 Å². The van der Waals surface area contributed by atoms with E-state index in [0.29, 0.717) is 0 Å². The number of hydrogen-bond acceptors (Lipinski definition) is 1. The van der Waals surface area contributed by atoms with E-state index in [2.05, 4.69) is 0 Å². The van der Waals surface area contributed by atoms with Gasteiger partial charge in [-0.2, -0.15) is 0 Å². The van der Waals surface area contributed by atoms with Gasteiger partial charge >= 0.3 is 0 Å². The molecule has 0 atom stereocenters. The Morgan fingerprint density at radius 1 is 1.15 bits per heavy atom. The molecule has 0 aromatic heterocycles. The normalized spacial score (nSPS) is 10.5. The van der Waals surface area contributed by atoms with Crippen LogP contribution in [-0.2, 0) is 0 Å². The zero-order valence-corrected chi connectivity index (χ0v) is 8.72. The molecule has 0 unspecified atom stereocenters. The molecule has 1 rings (SSSR count). The smallest absolute Gasteiger partial charge is 0.165 e. The van der Waals surface area contributed by atoms with E-state index in [1.54, 1.807) is 0 Å². The second-order valence-electron chi connectivity index (χ2n) is 3.79. The first-order valence-electron chi connectivity index (χ1n) is 4.64. The molecular weight excluding hydrogens is 160 g/mol. The second kappa shape index (κ2) is 3.73. The fourth-order valence-electron chi connectivity index (χ4n) is 1.49. The fourth-order valence-corrected chi connectivity index (χ4v) is 1.49. The molecule has 0 saturated carbocycles. The Morgan fingerprint density at radius 3 is 2.00 bits per heavy atom. The van der Waals surface area contributed by atoms with Crippen LogP contribution in [0.15, 0.2) is 18.2 Å². The summed E-state index contributed by atoms with van der Waals surface area (Å²) in [7, 11) is 0. The monoisotopic (exact) mass is 176 g/mol. The zero-order valence-electron chi connectivity index (χ0n) is 8.72. The molecule has 13 heavy (non-hydrogen) atoms. The molecule has 0 N–H and O–H groups in total. The first-order chi connectivity index (χ1) is 6.04. The second-order valence-corrected chi connectivity index (χ2v) is 3.79. The number of ketones is 1. The minimum absolute atomic E-state index is 0.0831. The highest BCUT2D eigenvalue weighted by Gasteiger charge is 2.14. The van der Waals surface area contributed by atoms with Gasteiger partial charge in [-0.05, 0) is 25.0 Å². The summed E-state index contributed by atoms with van der Waals surface area (Å²) >= 11 is 0. The average molecular weight is 176 g/mol. The topological polar surface area (TPSA) is 17.1 Å². The molecule has 0 saturated heterocycles. The van der Waals surface area contributed by atoms with Crippen LogP contribution in [0.1, 0.15) is 35.3 Å². The molecule has 0 aliphatic rings. The third kappa shape index (κ3) is 1.97. The van der Waals surface area contributed by atoms with Gasteiger partial charge < -0.3 is 0 Å². The van der Waals surface area contributed by atoms with Crippen LogP contribution in [-0.4, -0.2) is 5.78 Å². The molecule has 0 fully saturated rings. The summed E-state index contributed by atoms with van der Waals surface area (Å²) in [5, 5.41) is 0. The van der Waals surface area contributed by atoms with Crippen molar-refractivity contribution in [3.05, 3.63) is 34.9 Å². The number of carbonyl (C=O) groups excluding carboxylic acids is 1. The molecular formula is C12H16O. The lowest BCUT2D eigenvalue weighted by molar-refractivity contribution is 0.0938. The molecule has 1 aromatic carbocycles. The van der Waals surface area contributed by atoms with Crippen molar-refractivity contribution in [1.29, 1.82) is 0 Å². The summed E-state index contributed by atoms with van der Waals surface area (Å²) in [5.41, 5.74) is 3.06. The Labute approximate surface area is 79.8 Å². The largest absolute Gasteiger partial charge is 0.294 e. The maximum absolute atomic E-state index is 11.8. The summed E-state index contributed by atoms with van der Waals surface area (Å²) in [4.78, 5) is 11.8. The Morgan fingerprint density at radius 2 is 1.62 bits per heavy atom. The Balaban J connectivity index is 3.20. The molecule has 0 radical (unpaired) electrons. The van der Waals surface area contributed by atoms with Gasteiger partial charge in [0.1, 0.15) is 0 Å². The van der Waals surface area contributed by atoms with Crippen molar-refractivity contribution >= 4 is 5.78 Å². The highest BCUT2D eigenvalue weighted by Crippen LogP contribution is 2.17. The van der Waals surface area contributed by atoms with E-state index >= 15 is 0 Å². The van der Waals surface area contributed by atoms with Crippen molar-refractivity contribution < 1.29 is 4.79 Å². The van der Waals surface area contributed by atoms with E-state index in [-0.39, 0.29) is 11.7 Å². The first-order valence-corrected chi connectivity index (χ1v) is 4.64. The van der Waals surface area contributed by atoms with Gasteiger partial charge in [-0.3, -0.25) is 4.79 Å². The lowest BCUT2D eigenvalue weighted by Gasteiger charge is -2.10. The number of carbonyl (C=O) groups is 1. The summed E-state index contributed by atoms with van der Waals surface area (Å²) in [6.45, 7) is 7.85. The lowest BCUT2D eigenvalue weighted by Crippen LogP contribution is -2.10. The van der Waals surface area contributed by atoms with E-state index in [1.807, 2.05) is 45.9 Å². The van der Waals surface area contributed by atoms with Gasteiger partial charge in [0.05, 0.1) is 0 Å². The van der Waals surface area contributed by atoms with Crippen LogP contribution in [0.5, 0.6) is 0 Å². The predicted molar refractivity (Wildman–Crippen MR) is 55.1 cm³/mol. The summed E-state index contributed by atoms with van der Waals surface area (Å²) in [6, 6.07) is 5.97. The molecule has 0 amide bonds. The van der Waals surface area contributed by atoms with Crippen molar-refractivity contribution in [3.63, 3.8) is 0 Å². The van der Waals surface area contributed by atoms with E-state index in [9.17, 15) is 4.79 Å². The summed E-state index contributed by atoms with van der Waals surface area (Å²) in [5.74, 6) is 0.329. The molecule has 1 nitrogen and oxygen atoms in total. The molecule has 0 spiro atoms. The van der Waals surface area contributed by atoms with E-state index in [4.69, 9.17) is 0 Å². The maximum Gasteiger partial charge on any atom is 0.165 e. The van der Waals surface area contributed by atoms with Crippen molar-refractivity contribution in [2.45, 2.75) is 27.7 Å². The number of hydrogen-bond donors (Lipinski definition) is 0. The molecule has 1 aromatic rings. The van der Waals surface area contributed by atoms with Crippen LogP contribution >= 0.6 is 0 Å². The fraction of sp³-hybridized carbons (Fsp3) is 0.417. The van der Waals surface area contributed by atoms with Crippen molar-refractivity contribution in [2.75, 3.05) is 0 Å². The van der Waals surface area contributed by atoms with Crippen LogP contribution in [0.25, 0.3) is 0 Å². The predicted octanol–water partition coefficient (Wildman–Crippen LogP) is 3.14. The Hall–Kier alpha value is -1.11. The van der Waals surface area contributed by atoms with Crippen LogP contribution in [0.3, 0.4) is 0 Å². The third-order valence-corrected chi connectivity index (χ3v) is 2.25. The summed E-state index contributed by atoms with van der Waals surface area (Å²) in [6.07, 6.45) is 0. The summed E-state index contributed by atoms with van der Waals surface area (Å²) < 4.78 is 0. The van der Waals surface area contributed by atoms with Crippen LogP contribution in [0, 0.1) is 19.8 Å². The standard InChI is InChI=1S/C12H16O/c1-8(2)12(13)11-9(3)6-5-7-10(11)4/h5-8H,1-4H3. The molecule has 70 valence electrons. The van der Waals surface area contributed by atoms with Crippen molar-refractivity contribution in [2.24, 2.45) is 5.92 Å². The third-order valence-electron chi connectivity index (χ3n) is 2.25. The maximum atomic E-state index is 11.8. The van der Waals surface area contributed by atoms with Gasteiger partial charge in [0.15, 0.2) is 5.78 Å². The van der Waals surface area contributed by atoms with Crippen LogP contribution < -0.4 is 0 Å². The van der Waals surface area contributed by atoms with E-state index in [0.717, 1.165) is 16.7 Å². The molecule has 0 aliphatic heterocycles. The van der Waals surface area contributed by atoms with Gasteiger partial charge in [-0.25, -0.2) is 0 Å². The minimum Gasteiger partial charge on any atom is -0.294 e. The Kier molecular flexibility index (Phi) is 2.86. The number of Topliss-reactive ketones (excluding diaryl/α,β-unsaturated/α-hetero) is 1. The van der Waals surface area contributed by atoms with Gasteiger partial charge in [0.25, 0.3) is 0 Å². The Bertz CT molecular complexity index is 304. The number of aryl methyl sites for hydroxylation is 2. The number of rotatable bonds is 2. The molecule has 1 heteroatoms. The van der Waals surface area contributed by atoms with Crippen LogP contribution in [0.2, 0.25) is 0 Å². The van der Waals surface area contributed by atoms with Crippen molar-refractivity contribution in [1.82, 2.24) is 0 Å².